The summed E-state index contributed by atoms with van der Waals surface area (Å²) in [6.07, 6.45) is -0.349. The van der Waals surface area contributed by atoms with Crippen molar-refractivity contribution in [2.75, 3.05) is 5.32 Å². The number of alkyl halides is 3. The quantitative estimate of drug-likeness (QED) is 0.447. The smallest absolute Gasteiger partial charge is 0.292 e. The monoisotopic (exact) mass is 470 g/mol. The standard InChI is InChI=1S/C20H19ClF4N6O/c21-14-6-4-7-15(22)13(14)9-30-11-26-19(29-30)27-17(32)10-31-16-8-3-1-2-5-12(16)18(28-31)20(23,24)25/h4,6-7,11H,1-3,5,8-10H2,(H,27,29,32). The fraction of sp³-hybridized carbons (Fsp3) is 0.400. The predicted molar refractivity (Wildman–Crippen MR) is 108 cm³/mol. The van der Waals surface area contributed by atoms with E-state index in [9.17, 15) is 22.4 Å². The zero-order valence-electron chi connectivity index (χ0n) is 16.8. The molecule has 0 aliphatic heterocycles. The van der Waals surface area contributed by atoms with Crippen LogP contribution in [0.5, 0.6) is 0 Å². The van der Waals surface area contributed by atoms with Crippen LogP contribution in [-0.2, 0) is 36.9 Å². The lowest BCUT2D eigenvalue weighted by Gasteiger charge is -2.07. The summed E-state index contributed by atoms with van der Waals surface area (Å²) in [4.78, 5) is 16.4. The Bertz CT molecular complexity index is 1120. The number of carbonyl (C=O) groups is 1. The molecule has 0 fully saturated rings. The van der Waals surface area contributed by atoms with Crippen LogP contribution in [0.4, 0.5) is 23.5 Å². The second-order valence-corrected chi connectivity index (χ2v) is 7.91. The highest BCUT2D eigenvalue weighted by atomic mass is 35.5. The summed E-state index contributed by atoms with van der Waals surface area (Å²) in [6.45, 7) is -0.401. The maximum absolute atomic E-state index is 13.9. The van der Waals surface area contributed by atoms with Crippen molar-refractivity contribution in [2.24, 2.45) is 0 Å². The molecule has 4 rings (SSSR count). The summed E-state index contributed by atoms with van der Waals surface area (Å²) in [7, 11) is 0. The summed E-state index contributed by atoms with van der Waals surface area (Å²) in [5, 5.41) is 10.4. The van der Waals surface area contributed by atoms with Gasteiger partial charge in [-0.2, -0.15) is 18.3 Å². The van der Waals surface area contributed by atoms with Crippen molar-refractivity contribution in [2.45, 2.75) is 51.4 Å². The fourth-order valence-electron chi connectivity index (χ4n) is 3.78. The number of rotatable bonds is 5. The molecule has 1 aliphatic carbocycles. The molecule has 0 unspecified atom stereocenters. The van der Waals surface area contributed by atoms with Gasteiger partial charge in [-0.05, 0) is 37.8 Å². The van der Waals surface area contributed by atoms with E-state index in [1.165, 1.54) is 23.1 Å². The highest BCUT2D eigenvalue weighted by molar-refractivity contribution is 6.31. The largest absolute Gasteiger partial charge is 0.435 e. The Balaban J connectivity index is 1.48. The highest BCUT2D eigenvalue weighted by Gasteiger charge is 2.39. The van der Waals surface area contributed by atoms with Gasteiger partial charge in [-0.25, -0.2) is 14.1 Å². The first-order valence-corrected chi connectivity index (χ1v) is 10.4. The molecule has 3 aromatic rings. The number of nitrogens with one attached hydrogen (secondary N) is 1. The number of fused-ring (bicyclic) bond motifs is 1. The van der Waals surface area contributed by atoms with Crippen LogP contribution in [0.2, 0.25) is 5.02 Å². The SMILES string of the molecule is O=C(Cn1nc(C(F)(F)F)c2c1CCCCC2)Nc1ncn(Cc2c(F)cccc2Cl)n1. The molecule has 170 valence electrons. The molecule has 0 atom stereocenters. The minimum absolute atomic E-state index is 0.00398. The Labute approximate surface area is 185 Å². The lowest BCUT2D eigenvalue weighted by molar-refractivity contribution is -0.142. The Hall–Kier alpha value is -2.95. The Kier molecular flexibility index (Phi) is 6.18. The van der Waals surface area contributed by atoms with Crippen LogP contribution >= 0.6 is 11.6 Å². The fourth-order valence-corrected chi connectivity index (χ4v) is 4.00. The number of carbonyl (C=O) groups excluding carboxylic acids is 1. The minimum atomic E-state index is -4.58. The molecule has 12 heteroatoms. The summed E-state index contributed by atoms with van der Waals surface area (Å²) in [5.74, 6) is -1.18. The summed E-state index contributed by atoms with van der Waals surface area (Å²) in [6, 6.07) is 4.29. The number of halogens is 5. The van der Waals surface area contributed by atoms with Crippen molar-refractivity contribution in [3.63, 3.8) is 0 Å². The molecule has 1 amide bonds. The Morgan fingerprint density at radius 3 is 2.69 bits per heavy atom. The van der Waals surface area contributed by atoms with Crippen LogP contribution in [0, 0.1) is 5.82 Å². The first kappa shape index (κ1) is 22.3. The average molecular weight is 471 g/mol. The van der Waals surface area contributed by atoms with Crippen LogP contribution in [0.15, 0.2) is 24.5 Å². The number of hydrogen-bond donors (Lipinski definition) is 1. The van der Waals surface area contributed by atoms with E-state index in [1.54, 1.807) is 6.07 Å². The van der Waals surface area contributed by atoms with Gasteiger partial charge in [-0.3, -0.25) is 14.8 Å². The average Bonchev–Trinajstić information content (AvgIpc) is 3.20. The van der Waals surface area contributed by atoms with Gasteiger partial charge in [0.05, 0.1) is 6.54 Å². The predicted octanol–water partition coefficient (Wildman–Crippen LogP) is 4.24. The molecule has 0 saturated carbocycles. The Morgan fingerprint density at radius 1 is 1.16 bits per heavy atom. The molecule has 0 saturated heterocycles. The van der Waals surface area contributed by atoms with Crippen molar-refractivity contribution in [1.29, 1.82) is 0 Å². The van der Waals surface area contributed by atoms with E-state index in [1.807, 2.05) is 0 Å². The second-order valence-electron chi connectivity index (χ2n) is 7.50. The molecule has 1 N–H and O–H groups in total. The van der Waals surface area contributed by atoms with E-state index in [2.05, 4.69) is 20.5 Å². The van der Waals surface area contributed by atoms with Crippen LogP contribution in [0.25, 0.3) is 0 Å². The van der Waals surface area contributed by atoms with Crippen molar-refractivity contribution >= 4 is 23.5 Å². The zero-order chi connectivity index (χ0) is 22.9. The maximum atomic E-state index is 13.9. The van der Waals surface area contributed by atoms with Crippen molar-refractivity contribution in [1.82, 2.24) is 24.5 Å². The zero-order valence-corrected chi connectivity index (χ0v) is 17.5. The maximum Gasteiger partial charge on any atom is 0.435 e. The molecule has 1 aromatic carbocycles. The third-order valence-corrected chi connectivity index (χ3v) is 5.59. The van der Waals surface area contributed by atoms with Crippen LogP contribution in [0.1, 0.15) is 41.8 Å². The second kappa shape index (κ2) is 8.89. The van der Waals surface area contributed by atoms with E-state index in [0.717, 1.165) is 17.5 Å². The number of benzene rings is 1. The topological polar surface area (TPSA) is 77.6 Å². The molecule has 2 heterocycles. The van der Waals surface area contributed by atoms with E-state index < -0.39 is 30.1 Å². The van der Waals surface area contributed by atoms with Gasteiger partial charge in [0.2, 0.25) is 11.9 Å². The number of anilines is 1. The lowest BCUT2D eigenvalue weighted by Crippen LogP contribution is -2.22. The first-order valence-electron chi connectivity index (χ1n) is 10.0. The third kappa shape index (κ3) is 4.77. The summed E-state index contributed by atoms with van der Waals surface area (Å²) in [5.41, 5.74) is -0.0909. The van der Waals surface area contributed by atoms with Gasteiger partial charge in [0.25, 0.3) is 0 Å². The lowest BCUT2D eigenvalue weighted by atomic mass is 10.1. The Morgan fingerprint density at radius 2 is 1.94 bits per heavy atom. The molecule has 1 aliphatic rings. The molecule has 7 nitrogen and oxygen atoms in total. The van der Waals surface area contributed by atoms with Gasteiger partial charge in [-0.1, -0.05) is 24.1 Å². The molecule has 2 aromatic heterocycles. The molecular weight excluding hydrogens is 452 g/mol. The van der Waals surface area contributed by atoms with Crippen molar-refractivity contribution < 1.29 is 22.4 Å². The first-order chi connectivity index (χ1) is 15.2. The molecule has 32 heavy (non-hydrogen) atoms. The van der Waals surface area contributed by atoms with E-state index in [0.29, 0.717) is 18.5 Å². The van der Waals surface area contributed by atoms with Gasteiger partial charge >= 0.3 is 6.18 Å². The normalized spacial score (nSPS) is 14.2. The molecular formula is C20H19ClF4N6O. The third-order valence-electron chi connectivity index (χ3n) is 5.24. The minimum Gasteiger partial charge on any atom is -0.292 e. The van der Waals surface area contributed by atoms with E-state index in [4.69, 9.17) is 11.6 Å². The number of hydrogen-bond acceptors (Lipinski definition) is 4. The number of aromatic nitrogens is 5. The van der Waals surface area contributed by atoms with Crippen LogP contribution in [0.3, 0.4) is 0 Å². The molecule has 0 spiro atoms. The van der Waals surface area contributed by atoms with Gasteiger partial charge in [0.15, 0.2) is 5.69 Å². The number of amides is 1. The summed E-state index contributed by atoms with van der Waals surface area (Å²) < 4.78 is 56.6. The van der Waals surface area contributed by atoms with Gasteiger partial charge in [-0.15, -0.1) is 5.10 Å². The van der Waals surface area contributed by atoms with Crippen molar-refractivity contribution in [3.05, 3.63) is 57.9 Å². The van der Waals surface area contributed by atoms with E-state index >= 15 is 0 Å². The van der Waals surface area contributed by atoms with Gasteiger partial charge < -0.3 is 0 Å². The van der Waals surface area contributed by atoms with Crippen LogP contribution < -0.4 is 5.32 Å². The molecule has 0 radical (unpaired) electrons. The van der Waals surface area contributed by atoms with Gasteiger partial charge in [0.1, 0.15) is 18.7 Å². The van der Waals surface area contributed by atoms with Crippen molar-refractivity contribution in [3.8, 4) is 0 Å². The molecule has 0 bridgehead atoms. The van der Waals surface area contributed by atoms with E-state index in [-0.39, 0.29) is 35.1 Å². The number of nitrogens with zero attached hydrogens (tertiary/aromatic N) is 5. The highest BCUT2D eigenvalue weighted by Crippen LogP contribution is 2.35. The van der Waals surface area contributed by atoms with Crippen LogP contribution in [-0.4, -0.2) is 30.5 Å². The van der Waals surface area contributed by atoms with Gasteiger partial charge in [0, 0.05) is 21.8 Å². The summed E-state index contributed by atoms with van der Waals surface area (Å²) >= 11 is 6.00.